The third-order valence-corrected chi connectivity index (χ3v) is 6.29. The average molecular weight is 623 g/mol. The molecule has 0 aliphatic carbocycles. The summed E-state index contributed by atoms with van der Waals surface area (Å²) in [6.45, 7) is 0. The van der Waals surface area contributed by atoms with Crippen LogP contribution in [0.2, 0.25) is 0 Å². The molecule has 0 fully saturated rings. The third-order valence-electron chi connectivity index (χ3n) is 4.95. The highest BCUT2D eigenvalue weighted by Crippen LogP contribution is 2.29. The summed E-state index contributed by atoms with van der Waals surface area (Å²) in [6.07, 6.45) is 1.48. The maximum atomic E-state index is 12.8. The molecule has 0 bridgehead atoms. The molecule has 4 aromatic carbocycles. The first-order chi connectivity index (χ1) is 16.4. The zero-order valence-electron chi connectivity index (χ0n) is 17.6. The van der Waals surface area contributed by atoms with Crippen molar-refractivity contribution in [1.82, 2.24) is 0 Å². The van der Waals surface area contributed by atoms with Crippen LogP contribution in [0.4, 0.5) is 5.69 Å². The van der Waals surface area contributed by atoms with Gasteiger partial charge in [0.1, 0.15) is 17.4 Å². The lowest BCUT2D eigenvalue weighted by Gasteiger charge is -2.09. The SMILES string of the molecule is N#C/C(=C\c1ccc(OC(=O)c2cccc3ccccc23)c(Br)c1)C(=O)Nc1ccc(I)cc1. The summed E-state index contributed by atoms with van der Waals surface area (Å²) < 4.78 is 7.17. The van der Waals surface area contributed by atoms with E-state index in [1.54, 1.807) is 36.4 Å². The maximum absolute atomic E-state index is 12.8. The Morgan fingerprint density at radius 2 is 1.71 bits per heavy atom. The van der Waals surface area contributed by atoms with E-state index in [1.807, 2.05) is 54.6 Å². The van der Waals surface area contributed by atoms with Crippen LogP contribution in [0.25, 0.3) is 16.8 Å². The van der Waals surface area contributed by atoms with E-state index < -0.39 is 11.9 Å². The van der Waals surface area contributed by atoms with Crippen molar-refractivity contribution >= 4 is 72.9 Å². The standard InChI is InChI=1S/C27H16BrIN2O3/c28-24-15-17(14-19(16-30)26(32)31-21-11-9-20(29)10-12-21)8-13-25(24)34-27(33)23-7-3-5-18-4-1-2-6-22(18)23/h1-15H,(H,31,32)/b19-14+. The van der Waals surface area contributed by atoms with Gasteiger partial charge in [0.25, 0.3) is 5.91 Å². The number of hydrogen-bond donors (Lipinski definition) is 1. The number of ether oxygens (including phenoxy) is 1. The maximum Gasteiger partial charge on any atom is 0.344 e. The summed E-state index contributed by atoms with van der Waals surface area (Å²) in [7, 11) is 0. The van der Waals surface area contributed by atoms with E-state index in [0.29, 0.717) is 27.0 Å². The first-order valence-corrected chi connectivity index (χ1v) is 12.0. The number of halogens is 2. The van der Waals surface area contributed by atoms with Crippen molar-refractivity contribution in [3.05, 3.63) is 110 Å². The van der Waals surface area contributed by atoms with Crippen molar-refractivity contribution in [2.24, 2.45) is 0 Å². The van der Waals surface area contributed by atoms with Crippen molar-refractivity contribution < 1.29 is 14.3 Å². The lowest BCUT2D eigenvalue weighted by atomic mass is 10.0. The molecule has 0 aromatic heterocycles. The molecule has 0 spiro atoms. The zero-order chi connectivity index (χ0) is 24.1. The highest BCUT2D eigenvalue weighted by molar-refractivity contribution is 14.1. The van der Waals surface area contributed by atoms with Gasteiger partial charge in [-0.25, -0.2) is 4.79 Å². The molecule has 0 aliphatic heterocycles. The first-order valence-electron chi connectivity index (χ1n) is 10.1. The van der Waals surface area contributed by atoms with Crippen LogP contribution in [-0.4, -0.2) is 11.9 Å². The fourth-order valence-electron chi connectivity index (χ4n) is 3.29. The Kier molecular flexibility index (Phi) is 7.40. The van der Waals surface area contributed by atoms with Crippen molar-refractivity contribution in [2.75, 3.05) is 5.32 Å². The van der Waals surface area contributed by atoms with Gasteiger partial charge in [0.15, 0.2) is 0 Å². The van der Waals surface area contributed by atoms with Gasteiger partial charge in [0.2, 0.25) is 0 Å². The van der Waals surface area contributed by atoms with E-state index in [0.717, 1.165) is 14.3 Å². The van der Waals surface area contributed by atoms with E-state index in [9.17, 15) is 14.9 Å². The number of carbonyl (C=O) groups is 2. The number of nitrogens with one attached hydrogen (secondary N) is 1. The minimum Gasteiger partial charge on any atom is -0.422 e. The predicted molar refractivity (Wildman–Crippen MR) is 144 cm³/mol. The molecular weight excluding hydrogens is 607 g/mol. The molecule has 0 radical (unpaired) electrons. The highest BCUT2D eigenvalue weighted by atomic mass is 127. The summed E-state index contributed by atoms with van der Waals surface area (Å²) in [6, 6.07) is 27.2. The quantitative estimate of drug-likeness (QED) is 0.0857. The van der Waals surface area contributed by atoms with E-state index >= 15 is 0 Å². The molecule has 0 heterocycles. The fourth-order valence-corrected chi connectivity index (χ4v) is 4.13. The fraction of sp³-hybridized carbons (Fsp3) is 0. The normalized spacial score (nSPS) is 11.0. The summed E-state index contributed by atoms with van der Waals surface area (Å²) in [5.41, 5.74) is 1.62. The first kappa shape index (κ1) is 23.7. The van der Waals surface area contributed by atoms with E-state index in [-0.39, 0.29) is 5.57 Å². The molecule has 34 heavy (non-hydrogen) atoms. The second kappa shape index (κ2) is 10.6. The molecule has 166 valence electrons. The lowest BCUT2D eigenvalue weighted by molar-refractivity contribution is -0.112. The van der Waals surface area contributed by atoms with Gasteiger partial charge < -0.3 is 10.1 Å². The minimum atomic E-state index is -0.508. The number of hydrogen-bond acceptors (Lipinski definition) is 4. The van der Waals surface area contributed by atoms with E-state index in [1.165, 1.54) is 6.08 Å². The van der Waals surface area contributed by atoms with Gasteiger partial charge in [-0.15, -0.1) is 0 Å². The zero-order valence-corrected chi connectivity index (χ0v) is 21.3. The van der Waals surface area contributed by atoms with Crippen LogP contribution in [0.1, 0.15) is 15.9 Å². The van der Waals surface area contributed by atoms with Crippen LogP contribution in [0.5, 0.6) is 5.75 Å². The molecule has 0 unspecified atom stereocenters. The van der Waals surface area contributed by atoms with Crippen LogP contribution in [0.15, 0.2) is 95.0 Å². The molecule has 0 saturated carbocycles. The Bertz CT molecular complexity index is 1470. The second-order valence-corrected chi connectivity index (χ2v) is 9.34. The number of nitrogens with zero attached hydrogens (tertiary/aromatic N) is 1. The lowest BCUT2D eigenvalue weighted by Crippen LogP contribution is -2.13. The van der Waals surface area contributed by atoms with Gasteiger partial charge >= 0.3 is 5.97 Å². The monoisotopic (exact) mass is 622 g/mol. The molecule has 1 amide bonds. The smallest absolute Gasteiger partial charge is 0.344 e. The summed E-state index contributed by atoms with van der Waals surface area (Å²) in [5, 5.41) is 13.9. The number of carbonyl (C=O) groups excluding carboxylic acids is 2. The van der Waals surface area contributed by atoms with Crippen LogP contribution in [0, 0.1) is 14.9 Å². The average Bonchev–Trinajstić information content (AvgIpc) is 2.85. The van der Waals surface area contributed by atoms with Crippen molar-refractivity contribution in [1.29, 1.82) is 5.26 Å². The summed E-state index contributed by atoms with van der Waals surface area (Å²) in [5.74, 6) is -0.654. The molecule has 0 atom stereocenters. The Labute approximate surface area is 218 Å². The molecule has 7 heteroatoms. The van der Waals surface area contributed by atoms with Crippen LogP contribution >= 0.6 is 38.5 Å². The Morgan fingerprint density at radius 3 is 2.44 bits per heavy atom. The molecule has 0 aliphatic rings. The molecule has 4 rings (SSSR count). The Morgan fingerprint density at radius 1 is 0.971 bits per heavy atom. The predicted octanol–water partition coefficient (Wildman–Crippen LogP) is 6.97. The van der Waals surface area contributed by atoms with Gasteiger partial charge in [0, 0.05) is 9.26 Å². The molecule has 0 saturated heterocycles. The number of nitriles is 1. The topological polar surface area (TPSA) is 79.2 Å². The van der Waals surface area contributed by atoms with Crippen molar-refractivity contribution in [3.8, 4) is 11.8 Å². The third kappa shape index (κ3) is 5.53. The summed E-state index contributed by atoms with van der Waals surface area (Å²) in [4.78, 5) is 25.3. The number of esters is 1. The molecule has 4 aromatic rings. The van der Waals surface area contributed by atoms with Gasteiger partial charge in [-0.05, 0) is 103 Å². The minimum absolute atomic E-state index is 0.0500. The van der Waals surface area contributed by atoms with Gasteiger partial charge in [-0.3, -0.25) is 4.79 Å². The number of anilines is 1. The number of amides is 1. The number of fused-ring (bicyclic) bond motifs is 1. The van der Waals surface area contributed by atoms with Crippen LogP contribution < -0.4 is 10.1 Å². The van der Waals surface area contributed by atoms with Crippen molar-refractivity contribution in [2.45, 2.75) is 0 Å². The number of rotatable bonds is 5. The van der Waals surface area contributed by atoms with E-state index in [4.69, 9.17) is 4.74 Å². The van der Waals surface area contributed by atoms with Gasteiger partial charge in [-0.1, -0.05) is 42.5 Å². The van der Waals surface area contributed by atoms with Gasteiger partial charge in [0.05, 0.1) is 10.0 Å². The van der Waals surface area contributed by atoms with Gasteiger partial charge in [-0.2, -0.15) is 5.26 Å². The number of benzene rings is 4. The Hall–Kier alpha value is -3.48. The highest BCUT2D eigenvalue weighted by Gasteiger charge is 2.15. The largest absolute Gasteiger partial charge is 0.422 e. The molecule has 1 N–H and O–H groups in total. The van der Waals surface area contributed by atoms with Crippen molar-refractivity contribution in [3.63, 3.8) is 0 Å². The van der Waals surface area contributed by atoms with E-state index in [2.05, 4.69) is 43.8 Å². The molecule has 5 nitrogen and oxygen atoms in total. The van der Waals surface area contributed by atoms with Crippen LogP contribution in [-0.2, 0) is 4.79 Å². The second-order valence-electron chi connectivity index (χ2n) is 7.24. The summed E-state index contributed by atoms with van der Waals surface area (Å²) >= 11 is 5.59. The van der Waals surface area contributed by atoms with Crippen LogP contribution in [0.3, 0.4) is 0 Å². The molecular formula is C27H16BrIN2O3. The Balaban J connectivity index is 1.52.